The topological polar surface area (TPSA) is 54.4 Å². The fourth-order valence-electron chi connectivity index (χ4n) is 2.53. The maximum Gasteiger partial charge on any atom is 0.311 e. The van der Waals surface area contributed by atoms with Gasteiger partial charge in [-0.15, -0.1) is 23.1 Å². The first kappa shape index (κ1) is 21.2. The molecule has 0 atom stereocenters. The van der Waals surface area contributed by atoms with E-state index in [1.807, 2.05) is 6.07 Å². The van der Waals surface area contributed by atoms with Crippen LogP contribution >= 0.6 is 23.1 Å². The number of ketones is 1. The van der Waals surface area contributed by atoms with Crippen LogP contribution in [0.3, 0.4) is 0 Å². The quantitative estimate of drug-likeness (QED) is 0.167. The summed E-state index contributed by atoms with van der Waals surface area (Å²) in [6.45, 7) is 2.25. The Labute approximate surface area is 154 Å². The highest BCUT2D eigenvalue weighted by molar-refractivity contribution is 8.01. The minimum atomic E-state index is -1.06. The van der Waals surface area contributed by atoms with Gasteiger partial charge in [0.15, 0.2) is 5.78 Å². The number of hydrogen-bond acceptors (Lipinski definition) is 4. The maximum atomic E-state index is 11.6. The molecule has 1 heterocycles. The summed E-state index contributed by atoms with van der Waals surface area (Å²) >= 11 is 3.19. The van der Waals surface area contributed by atoms with E-state index in [-0.39, 0.29) is 5.78 Å². The van der Waals surface area contributed by atoms with Crippen molar-refractivity contribution in [3.05, 3.63) is 17.0 Å². The van der Waals surface area contributed by atoms with Gasteiger partial charge >= 0.3 is 5.97 Å². The van der Waals surface area contributed by atoms with Crippen molar-refractivity contribution in [1.82, 2.24) is 0 Å². The van der Waals surface area contributed by atoms with Gasteiger partial charge in [-0.3, -0.25) is 9.59 Å². The fourth-order valence-corrected chi connectivity index (χ4v) is 4.68. The van der Waals surface area contributed by atoms with Crippen LogP contribution in [0.5, 0.6) is 0 Å². The molecule has 0 spiro atoms. The van der Waals surface area contributed by atoms with Gasteiger partial charge in [-0.2, -0.15) is 0 Å². The number of aliphatic carboxylic acids is 1. The SMILES string of the molecule is CCCCCCCCCCCCSc1ccc(C(=O)CC(=O)O)s1. The van der Waals surface area contributed by atoms with Crippen LogP contribution in [0, 0.1) is 0 Å². The van der Waals surface area contributed by atoms with Crippen LogP contribution < -0.4 is 0 Å². The van der Waals surface area contributed by atoms with Gasteiger partial charge in [0.25, 0.3) is 0 Å². The van der Waals surface area contributed by atoms with Crippen LogP contribution in [0.4, 0.5) is 0 Å². The Morgan fingerprint density at radius 3 is 2.12 bits per heavy atom. The Kier molecular flexibility index (Phi) is 11.9. The second-order valence-corrected chi connectivity index (χ2v) is 8.62. The van der Waals surface area contributed by atoms with Gasteiger partial charge in [-0.1, -0.05) is 64.7 Å². The number of carbonyl (C=O) groups excluding carboxylic acids is 1. The van der Waals surface area contributed by atoms with Crippen molar-refractivity contribution in [3.8, 4) is 0 Å². The fraction of sp³-hybridized carbons (Fsp3) is 0.684. The van der Waals surface area contributed by atoms with E-state index in [0.29, 0.717) is 4.88 Å². The third kappa shape index (κ3) is 10.1. The van der Waals surface area contributed by atoms with Crippen LogP contribution in [-0.4, -0.2) is 22.6 Å². The maximum absolute atomic E-state index is 11.6. The predicted octanol–water partition coefficient (Wildman–Crippen LogP) is 6.42. The zero-order chi connectivity index (χ0) is 17.6. The minimum absolute atomic E-state index is 0.293. The third-order valence-electron chi connectivity index (χ3n) is 3.91. The number of thioether (sulfide) groups is 1. The largest absolute Gasteiger partial charge is 0.481 e. The smallest absolute Gasteiger partial charge is 0.311 e. The number of carbonyl (C=O) groups is 2. The highest BCUT2D eigenvalue weighted by atomic mass is 32.2. The molecule has 3 nitrogen and oxygen atoms in total. The molecular formula is C19H30O3S2. The molecule has 0 saturated carbocycles. The molecule has 0 aliphatic heterocycles. The van der Waals surface area contributed by atoms with Gasteiger partial charge < -0.3 is 5.11 Å². The number of rotatable bonds is 15. The highest BCUT2D eigenvalue weighted by Gasteiger charge is 2.13. The summed E-state index contributed by atoms with van der Waals surface area (Å²) in [4.78, 5) is 22.8. The van der Waals surface area contributed by atoms with Crippen molar-refractivity contribution < 1.29 is 14.7 Å². The van der Waals surface area contributed by atoms with E-state index in [4.69, 9.17) is 5.11 Å². The molecule has 0 bridgehead atoms. The van der Waals surface area contributed by atoms with E-state index in [9.17, 15) is 9.59 Å². The van der Waals surface area contributed by atoms with Gasteiger partial charge in [0.05, 0.1) is 9.09 Å². The molecule has 24 heavy (non-hydrogen) atoms. The Morgan fingerprint density at radius 2 is 1.54 bits per heavy atom. The van der Waals surface area contributed by atoms with Crippen molar-refractivity contribution in [2.24, 2.45) is 0 Å². The lowest BCUT2D eigenvalue weighted by atomic mass is 10.1. The van der Waals surface area contributed by atoms with Gasteiger partial charge in [-0.05, 0) is 24.3 Å². The second-order valence-electron chi connectivity index (χ2n) is 6.14. The molecule has 1 aromatic heterocycles. The van der Waals surface area contributed by atoms with Crippen molar-refractivity contribution in [3.63, 3.8) is 0 Å². The first-order valence-electron chi connectivity index (χ1n) is 9.11. The van der Waals surface area contributed by atoms with Crippen LogP contribution in [0.25, 0.3) is 0 Å². The molecule has 1 rings (SSSR count). The normalized spacial score (nSPS) is 10.9. The molecule has 0 aliphatic carbocycles. The summed E-state index contributed by atoms with van der Waals surface area (Å²) in [5.41, 5.74) is 0. The van der Waals surface area contributed by atoms with Crippen molar-refractivity contribution in [2.45, 2.75) is 81.8 Å². The third-order valence-corrected chi connectivity index (χ3v) is 6.35. The number of unbranched alkanes of at least 4 members (excludes halogenated alkanes) is 9. The lowest BCUT2D eigenvalue weighted by molar-refractivity contribution is -0.135. The van der Waals surface area contributed by atoms with E-state index < -0.39 is 12.4 Å². The zero-order valence-corrected chi connectivity index (χ0v) is 16.4. The zero-order valence-electron chi connectivity index (χ0n) is 14.7. The Bertz CT molecular complexity index is 483. The summed E-state index contributed by atoms with van der Waals surface area (Å²) in [6, 6.07) is 3.68. The molecule has 1 aromatic rings. The van der Waals surface area contributed by atoms with Crippen LogP contribution in [0.2, 0.25) is 0 Å². The molecule has 5 heteroatoms. The van der Waals surface area contributed by atoms with Crippen molar-refractivity contribution in [2.75, 3.05) is 5.75 Å². The first-order valence-corrected chi connectivity index (χ1v) is 10.9. The standard InChI is InChI=1S/C19H30O3S2/c1-2-3-4-5-6-7-8-9-10-11-14-23-19-13-12-17(24-19)16(20)15-18(21)22/h12-13H,2-11,14-15H2,1H3,(H,21,22). The average Bonchev–Trinajstić information content (AvgIpc) is 3.01. The van der Waals surface area contributed by atoms with Gasteiger partial charge in [0.2, 0.25) is 0 Å². The Balaban J connectivity index is 2.01. The van der Waals surface area contributed by atoms with E-state index >= 15 is 0 Å². The van der Waals surface area contributed by atoms with Gasteiger partial charge in [-0.25, -0.2) is 0 Å². The number of hydrogen-bond donors (Lipinski definition) is 1. The van der Waals surface area contributed by atoms with Crippen LogP contribution in [-0.2, 0) is 4.79 Å². The Hall–Kier alpha value is -0.810. The molecule has 0 radical (unpaired) electrons. The lowest BCUT2D eigenvalue weighted by Crippen LogP contribution is -2.04. The molecule has 136 valence electrons. The van der Waals surface area contributed by atoms with Gasteiger partial charge in [0.1, 0.15) is 6.42 Å². The van der Waals surface area contributed by atoms with E-state index in [1.165, 1.54) is 75.5 Å². The van der Waals surface area contributed by atoms with Crippen molar-refractivity contribution >= 4 is 34.9 Å². The number of carboxylic acids is 1. The number of carboxylic acid groups (broad SMARTS) is 1. The van der Waals surface area contributed by atoms with E-state index in [2.05, 4.69) is 6.92 Å². The number of thiophene rings is 1. The molecule has 0 aromatic carbocycles. The Morgan fingerprint density at radius 1 is 0.958 bits per heavy atom. The minimum Gasteiger partial charge on any atom is -0.481 e. The van der Waals surface area contributed by atoms with E-state index in [0.717, 1.165) is 9.96 Å². The lowest BCUT2D eigenvalue weighted by Gasteiger charge is -2.02. The molecule has 0 unspecified atom stereocenters. The van der Waals surface area contributed by atoms with E-state index in [1.54, 1.807) is 17.8 Å². The summed E-state index contributed by atoms with van der Waals surface area (Å²) < 4.78 is 1.11. The molecule has 0 amide bonds. The summed E-state index contributed by atoms with van der Waals surface area (Å²) in [7, 11) is 0. The molecule has 0 fully saturated rings. The molecule has 1 N–H and O–H groups in total. The predicted molar refractivity (Wildman–Crippen MR) is 103 cm³/mol. The second kappa shape index (κ2) is 13.5. The average molecular weight is 371 g/mol. The van der Waals surface area contributed by atoms with Crippen LogP contribution in [0.15, 0.2) is 16.3 Å². The number of Topliss-reactive ketones (excluding diaryl/α,β-unsaturated/α-hetero) is 1. The summed E-state index contributed by atoms with van der Waals surface area (Å²) in [5, 5.41) is 8.65. The molecule has 0 aliphatic rings. The molecule has 0 saturated heterocycles. The highest BCUT2D eigenvalue weighted by Crippen LogP contribution is 2.29. The van der Waals surface area contributed by atoms with Crippen molar-refractivity contribution in [1.29, 1.82) is 0 Å². The van der Waals surface area contributed by atoms with Gasteiger partial charge in [0, 0.05) is 0 Å². The van der Waals surface area contributed by atoms with Crippen LogP contribution in [0.1, 0.15) is 87.2 Å². The summed E-state index contributed by atoms with van der Waals surface area (Å²) in [5.74, 6) is -0.282. The summed E-state index contributed by atoms with van der Waals surface area (Å²) in [6.07, 6.45) is 13.0. The first-order chi connectivity index (χ1) is 11.6. The monoisotopic (exact) mass is 370 g/mol. The molecular weight excluding hydrogens is 340 g/mol.